The molecular formula is C17H30N2. The summed E-state index contributed by atoms with van der Waals surface area (Å²) in [5.74, 6) is 4.98. The van der Waals surface area contributed by atoms with Gasteiger partial charge >= 0.3 is 0 Å². The lowest BCUT2D eigenvalue weighted by Crippen LogP contribution is -2.63. The van der Waals surface area contributed by atoms with Gasteiger partial charge in [0.25, 0.3) is 0 Å². The molecular weight excluding hydrogens is 232 g/mol. The molecule has 5 unspecified atom stereocenters. The molecule has 5 atom stereocenters. The monoisotopic (exact) mass is 262 g/mol. The Bertz CT molecular complexity index is 325. The highest BCUT2D eigenvalue weighted by Gasteiger charge is 2.49. The van der Waals surface area contributed by atoms with E-state index in [1.165, 1.54) is 38.8 Å². The fourth-order valence-corrected chi connectivity index (χ4v) is 5.88. The maximum absolute atomic E-state index is 3.69. The minimum Gasteiger partial charge on any atom is -0.311 e. The second-order valence-electron chi connectivity index (χ2n) is 8.30. The highest BCUT2D eigenvalue weighted by atomic mass is 15.2. The molecule has 0 aromatic rings. The van der Waals surface area contributed by atoms with Crippen molar-refractivity contribution in [2.75, 3.05) is 13.1 Å². The van der Waals surface area contributed by atoms with E-state index in [4.69, 9.17) is 0 Å². The summed E-state index contributed by atoms with van der Waals surface area (Å²) in [6, 6.07) is 2.58. The highest BCUT2D eigenvalue weighted by Crippen LogP contribution is 2.50. The van der Waals surface area contributed by atoms with Crippen molar-refractivity contribution in [2.24, 2.45) is 29.6 Å². The lowest BCUT2D eigenvalue weighted by Gasteiger charge is -2.58. The molecule has 0 radical (unpaired) electrons. The molecule has 0 amide bonds. The molecule has 2 aliphatic carbocycles. The van der Waals surface area contributed by atoms with Crippen LogP contribution in [0.5, 0.6) is 0 Å². The van der Waals surface area contributed by atoms with E-state index in [1.54, 1.807) is 0 Å². The molecule has 0 aromatic carbocycles. The lowest BCUT2D eigenvalue weighted by atomic mass is 9.57. The van der Waals surface area contributed by atoms with Crippen LogP contribution in [0.3, 0.4) is 0 Å². The zero-order valence-electron chi connectivity index (χ0n) is 12.8. The molecule has 19 heavy (non-hydrogen) atoms. The Balaban J connectivity index is 1.36. The smallest absolute Gasteiger partial charge is 0.00965 e. The largest absolute Gasteiger partial charge is 0.311 e. The average Bonchev–Trinajstić information content (AvgIpc) is 2.36. The van der Waals surface area contributed by atoms with Crippen LogP contribution >= 0.6 is 0 Å². The van der Waals surface area contributed by atoms with E-state index in [0.717, 1.165) is 47.7 Å². The van der Waals surface area contributed by atoms with Crippen LogP contribution < -0.4 is 5.32 Å². The van der Waals surface area contributed by atoms with E-state index < -0.39 is 0 Å². The van der Waals surface area contributed by atoms with E-state index in [2.05, 4.69) is 31.0 Å². The molecule has 2 nitrogen and oxygen atoms in total. The van der Waals surface area contributed by atoms with Crippen molar-refractivity contribution in [3.63, 3.8) is 0 Å². The second-order valence-corrected chi connectivity index (χ2v) is 8.30. The summed E-state index contributed by atoms with van der Waals surface area (Å²) < 4.78 is 0. The SMILES string of the molecule is CC(C)C1C2CC1CN(C(C)C1CC3CC(C1)N3)C2. The topological polar surface area (TPSA) is 15.3 Å². The van der Waals surface area contributed by atoms with Gasteiger partial charge in [-0.3, -0.25) is 4.90 Å². The predicted molar refractivity (Wildman–Crippen MR) is 79.0 cm³/mol. The second kappa shape index (κ2) is 4.46. The maximum Gasteiger partial charge on any atom is 0.00965 e. The molecule has 4 saturated heterocycles. The van der Waals surface area contributed by atoms with E-state index in [1.807, 2.05) is 0 Å². The molecule has 2 heteroatoms. The summed E-state index contributed by atoms with van der Waals surface area (Å²) in [6.45, 7) is 10.2. The first-order valence-electron chi connectivity index (χ1n) is 8.62. The van der Waals surface area contributed by atoms with E-state index in [-0.39, 0.29) is 0 Å². The molecule has 4 bridgehead atoms. The molecule has 0 spiro atoms. The number of piperidine rings is 3. The van der Waals surface area contributed by atoms with Gasteiger partial charge in [0.05, 0.1) is 0 Å². The Morgan fingerprint density at radius 2 is 1.47 bits per heavy atom. The van der Waals surface area contributed by atoms with Crippen LogP contribution in [-0.2, 0) is 0 Å². The predicted octanol–water partition coefficient (Wildman–Crippen LogP) is 2.74. The van der Waals surface area contributed by atoms with Crippen molar-refractivity contribution in [1.82, 2.24) is 10.2 Å². The number of rotatable bonds is 3. The normalized spacial score (nSPS) is 50.5. The number of hydrogen-bond donors (Lipinski definition) is 1. The van der Waals surface area contributed by atoms with Gasteiger partial charge in [0, 0.05) is 31.2 Å². The summed E-state index contributed by atoms with van der Waals surface area (Å²) in [5.41, 5.74) is 0. The van der Waals surface area contributed by atoms with E-state index in [9.17, 15) is 0 Å². The van der Waals surface area contributed by atoms with Crippen LogP contribution in [0.2, 0.25) is 0 Å². The van der Waals surface area contributed by atoms with Gasteiger partial charge in [-0.05, 0) is 62.2 Å². The minimum atomic E-state index is 0.839. The van der Waals surface area contributed by atoms with Gasteiger partial charge in [0.2, 0.25) is 0 Å². The number of nitrogens with zero attached hydrogens (tertiary/aromatic N) is 1. The molecule has 2 saturated carbocycles. The van der Waals surface area contributed by atoms with Crippen molar-refractivity contribution >= 4 is 0 Å². The zero-order valence-corrected chi connectivity index (χ0v) is 12.8. The maximum atomic E-state index is 3.69. The Labute approximate surface area is 118 Å². The molecule has 6 aliphatic rings. The van der Waals surface area contributed by atoms with Crippen molar-refractivity contribution in [2.45, 2.75) is 64.6 Å². The van der Waals surface area contributed by atoms with Crippen molar-refractivity contribution < 1.29 is 0 Å². The Hall–Kier alpha value is -0.0800. The molecule has 0 aromatic heterocycles. The standard InChI is InChI=1S/C17H30N2/c1-10(2)17-13-4-14(17)9-19(8-13)11(3)12-5-15-7-16(6-12)18-15/h10-18H,4-9H2,1-3H3. The van der Waals surface area contributed by atoms with E-state index in [0.29, 0.717) is 0 Å². The first-order chi connectivity index (χ1) is 9.11. The molecule has 6 fully saturated rings. The molecule has 1 N–H and O–H groups in total. The summed E-state index contributed by atoms with van der Waals surface area (Å²) in [6.07, 6.45) is 5.88. The molecule has 4 aliphatic heterocycles. The van der Waals surface area contributed by atoms with Gasteiger partial charge in [-0.25, -0.2) is 0 Å². The van der Waals surface area contributed by atoms with Gasteiger partial charge in [0.15, 0.2) is 0 Å². The number of hydrogen-bond acceptors (Lipinski definition) is 2. The van der Waals surface area contributed by atoms with Crippen LogP contribution in [0.4, 0.5) is 0 Å². The molecule has 4 heterocycles. The summed E-state index contributed by atoms with van der Waals surface area (Å²) in [5, 5.41) is 3.69. The quantitative estimate of drug-likeness (QED) is 0.841. The van der Waals surface area contributed by atoms with Gasteiger partial charge in [-0.2, -0.15) is 0 Å². The summed E-state index contributed by atoms with van der Waals surface area (Å²) in [4.78, 5) is 2.85. The third-order valence-corrected chi connectivity index (χ3v) is 6.88. The van der Waals surface area contributed by atoms with Gasteiger partial charge in [-0.1, -0.05) is 13.8 Å². The average molecular weight is 262 g/mol. The highest BCUT2D eigenvalue weighted by molar-refractivity contribution is 5.03. The van der Waals surface area contributed by atoms with Crippen molar-refractivity contribution in [3.05, 3.63) is 0 Å². The minimum absolute atomic E-state index is 0.839. The fourth-order valence-electron chi connectivity index (χ4n) is 5.88. The van der Waals surface area contributed by atoms with Crippen LogP contribution in [-0.4, -0.2) is 36.1 Å². The van der Waals surface area contributed by atoms with Crippen LogP contribution in [0.15, 0.2) is 0 Å². The van der Waals surface area contributed by atoms with Gasteiger partial charge in [-0.15, -0.1) is 0 Å². The van der Waals surface area contributed by atoms with Gasteiger partial charge in [0.1, 0.15) is 0 Å². The Morgan fingerprint density at radius 1 is 0.895 bits per heavy atom. The fraction of sp³-hybridized carbons (Fsp3) is 1.00. The Kier molecular flexibility index (Phi) is 2.97. The van der Waals surface area contributed by atoms with E-state index >= 15 is 0 Å². The van der Waals surface area contributed by atoms with Crippen LogP contribution in [0.25, 0.3) is 0 Å². The third-order valence-electron chi connectivity index (χ3n) is 6.88. The van der Waals surface area contributed by atoms with Crippen molar-refractivity contribution in [3.8, 4) is 0 Å². The van der Waals surface area contributed by atoms with Gasteiger partial charge < -0.3 is 5.32 Å². The summed E-state index contributed by atoms with van der Waals surface area (Å²) in [7, 11) is 0. The molecule has 108 valence electrons. The number of nitrogens with one attached hydrogen (secondary N) is 1. The lowest BCUT2D eigenvalue weighted by molar-refractivity contribution is -0.0916. The zero-order chi connectivity index (χ0) is 13.1. The third kappa shape index (κ3) is 1.98. The van der Waals surface area contributed by atoms with Crippen molar-refractivity contribution in [1.29, 1.82) is 0 Å². The first-order valence-corrected chi connectivity index (χ1v) is 8.62. The molecule has 6 rings (SSSR count). The van der Waals surface area contributed by atoms with Crippen LogP contribution in [0, 0.1) is 29.6 Å². The summed E-state index contributed by atoms with van der Waals surface area (Å²) >= 11 is 0. The van der Waals surface area contributed by atoms with Crippen LogP contribution in [0.1, 0.15) is 46.5 Å². The number of fused-ring (bicyclic) bond motifs is 4. The Morgan fingerprint density at radius 3 is 2.00 bits per heavy atom. The first kappa shape index (κ1) is 12.6.